The molecule has 0 N–H and O–H groups in total. The summed E-state index contributed by atoms with van der Waals surface area (Å²) in [7, 11) is -3.45. The van der Waals surface area contributed by atoms with E-state index in [0.717, 1.165) is 21.9 Å². The summed E-state index contributed by atoms with van der Waals surface area (Å²) in [6.07, 6.45) is 1.58. The summed E-state index contributed by atoms with van der Waals surface area (Å²) in [4.78, 5) is 0.278. The van der Waals surface area contributed by atoms with Crippen LogP contribution in [0.15, 0.2) is 92.7 Å². The molecule has 0 radical (unpaired) electrons. The largest absolute Gasteiger partial charge is 0.411 e. The Labute approximate surface area is 173 Å². The molecular weight excluding hydrogens is 404 g/mol. The third kappa shape index (κ3) is 4.41. The van der Waals surface area contributed by atoms with Crippen LogP contribution in [0.5, 0.6) is 0 Å². The second-order valence-corrected chi connectivity index (χ2v) is 9.25. The van der Waals surface area contributed by atoms with Crippen LogP contribution >= 0.6 is 11.8 Å². The van der Waals surface area contributed by atoms with Gasteiger partial charge < -0.3 is 4.42 Å². The number of sulfone groups is 1. The number of aryl methyl sites for hydroxylation is 1. The summed E-state index contributed by atoms with van der Waals surface area (Å²) in [6, 6.07) is 20.7. The third-order valence-corrected chi connectivity index (χ3v) is 6.61. The molecule has 4 rings (SSSR count). The molecule has 0 amide bonds. The maximum Gasteiger partial charge on any atom is 0.277 e. The minimum Gasteiger partial charge on any atom is -0.411 e. The number of hydrogen-bond donors (Lipinski definition) is 0. The summed E-state index contributed by atoms with van der Waals surface area (Å²) in [5, 5.41) is 12.0. The van der Waals surface area contributed by atoms with Gasteiger partial charge in [0.05, 0.1) is 4.90 Å². The quantitative estimate of drug-likeness (QED) is 0.394. The van der Waals surface area contributed by atoms with E-state index in [4.69, 9.17) is 4.42 Å². The smallest absolute Gasteiger partial charge is 0.277 e. The summed E-state index contributed by atoms with van der Waals surface area (Å²) >= 11 is 1.29. The molecule has 0 aliphatic carbocycles. The fourth-order valence-corrected chi connectivity index (χ4v) is 4.60. The Balaban J connectivity index is 1.45. The highest BCUT2D eigenvalue weighted by Crippen LogP contribution is 2.29. The van der Waals surface area contributed by atoms with E-state index in [-0.39, 0.29) is 4.90 Å². The van der Waals surface area contributed by atoms with E-state index in [9.17, 15) is 8.42 Å². The Hall–Kier alpha value is -2.90. The lowest BCUT2D eigenvalue weighted by Crippen LogP contribution is -1.96. The fraction of sp³-hybridized carbons (Fsp3) is 0.0909. The molecule has 146 valence electrons. The normalized spacial score (nSPS) is 12.0. The third-order valence-electron chi connectivity index (χ3n) is 4.35. The van der Waals surface area contributed by atoms with Crippen LogP contribution in [0.3, 0.4) is 0 Å². The predicted molar refractivity (Wildman–Crippen MR) is 115 cm³/mol. The molecule has 1 heterocycles. The van der Waals surface area contributed by atoms with Gasteiger partial charge >= 0.3 is 0 Å². The molecule has 0 fully saturated rings. The highest BCUT2D eigenvalue weighted by atomic mass is 32.2. The van der Waals surface area contributed by atoms with Gasteiger partial charge in [0.1, 0.15) is 0 Å². The van der Waals surface area contributed by atoms with E-state index in [1.54, 1.807) is 30.3 Å². The molecule has 0 bridgehead atoms. The van der Waals surface area contributed by atoms with Crippen LogP contribution in [0.25, 0.3) is 22.2 Å². The Morgan fingerprint density at radius 3 is 2.55 bits per heavy atom. The van der Waals surface area contributed by atoms with Crippen molar-refractivity contribution in [2.75, 3.05) is 5.75 Å². The van der Waals surface area contributed by atoms with Crippen molar-refractivity contribution in [3.63, 3.8) is 0 Å². The van der Waals surface area contributed by atoms with Gasteiger partial charge in [0, 0.05) is 16.7 Å². The zero-order chi connectivity index (χ0) is 20.3. The number of hydrogen-bond acceptors (Lipinski definition) is 6. The average Bonchev–Trinajstić information content (AvgIpc) is 3.20. The first kappa shape index (κ1) is 19.4. The Morgan fingerprint density at radius 2 is 1.72 bits per heavy atom. The summed E-state index contributed by atoms with van der Waals surface area (Å²) < 4.78 is 30.4. The van der Waals surface area contributed by atoms with Crippen LogP contribution in [-0.2, 0) is 9.84 Å². The molecule has 0 spiro atoms. The summed E-state index contributed by atoms with van der Waals surface area (Å²) in [5.41, 5.74) is 1.89. The molecule has 0 saturated heterocycles. The number of rotatable bonds is 6. The Morgan fingerprint density at radius 1 is 0.966 bits per heavy atom. The van der Waals surface area contributed by atoms with E-state index < -0.39 is 9.84 Å². The van der Waals surface area contributed by atoms with E-state index >= 15 is 0 Å². The van der Waals surface area contributed by atoms with E-state index in [0.29, 0.717) is 16.9 Å². The lowest BCUT2D eigenvalue weighted by atomic mass is 10.0. The van der Waals surface area contributed by atoms with Crippen LogP contribution in [-0.4, -0.2) is 24.4 Å². The molecule has 4 aromatic rings. The maximum atomic E-state index is 12.3. The van der Waals surface area contributed by atoms with Crippen LogP contribution in [0, 0.1) is 6.92 Å². The number of fused-ring (bicyclic) bond motifs is 1. The van der Waals surface area contributed by atoms with E-state index in [1.807, 2.05) is 49.4 Å². The average molecular weight is 423 g/mol. The van der Waals surface area contributed by atoms with Gasteiger partial charge in [-0.25, -0.2) is 8.42 Å². The van der Waals surface area contributed by atoms with Gasteiger partial charge in [-0.05, 0) is 35.9 Å². The van der Waals surface area contributed by atoms with Crippen molar-refractivity contribution in [3.8, 4) is 11.5 Å². The summed E-state index contributed by atoms with van der Waals surface area (Å²) in [6.45, 7) is 1.92. The number of aromatic nitrogens is 2. The highest BCUT2D eigenvalue weighted by Gasteiger charge is 2.12. The van der Waals surface area contributed by atoms with Crippen LogP contribution in [0.1, 0.15) is 5.56 Å². The second-order valence-electron chi connectivity index (χ2n) is 6.44. The van der Waals surface area contributed by atoms with Crippen molar-refractivity contribution in [1.82, 2.24) is 10.2 Å². The maximum absolute atomic E-state index is 12.3. The first-order chi connectivity index (χ1) is 14.0. The van der Waals surface area contributed by atoms with Gasteiger partial charge in [-0.2, -0.15) is 0 Å². The molecule has 7 heteroatoms. The first-order valence-corrected chi connectivity index (χ1v) is 11.5. The van der Waals surface area contributed by atoms with Crippen molar-refractivity contribution >= 4 is 32.4 Å². The van der Waals surface area contributed by atoms with Crippen molar-refractivity contribution in [2.45, 2.75) is 17.0 Å². The Kier molecular flexibility index (Phi) is 5.51. The molecule has 0 aliphatic rings. The topological polar surface area (TPSA) is 73.1 Å². The monoisotopic (exact) mass is 422 g/mol. The lowest BCUT2D eigenvalue weighted by Gasteiger charge is -2.01. The van der Waals surface area contributed by atoms with Crippen molar-refractivity contribution in [3.05, 3.63) is 83.8 Å². The van der Waals surface area contributed by atoms with Crippen LogP contribution < -0.4 is 0 Å². The molecule has 1 aromatic heterocycles. The molecule has 5 nitrogen and oxygen atoms in total. The second kappa shape index (κ2) is 8.23. The Bertz CT molecular complexity index is 1270. The highest BCUT2D eigenvalue weighted by molar-refractivity contribution is 7.99. The van der Waals surface area contributed by atoms with Gasteiger partial charge in [0.15, 0.2) is 9.84 Å². The standard InChI is InChI=1S/C22H18N2O3S2/c1-16-10-12-18(13-11-16)29(25,26)15-5-14-28-22-24-23-21(27-22)20-9-4-7-17-6-2-3-8-19(17)20/h2-13,15H,14H2,1H3/b15-5+. The number of benzene rings is 3. The van der Waals surface area contributed by atoms with Gasteiger partial charge in [-0.15, -0.1) is 10.2 Å². The van der Waals surface area contributed by atoms with Gasteiger partial charge in [0.2, 0.25) is 5.89 Å². The zero-order valence-electron chi connectivity index (χ0n) is 15.6. The minimum atomic E-state index is -3.45. The number of thioether (sulfide) groups is 1. The molecular formula is C22H18N2O3S2. The van der Waals surface area contributed by atoms with Crippen molar-refractivity contribution < 1.29 is 12.8 Å². The van der Waals surface area contributed by atoms with Crippen molar-refractivity contribution in [1.29, 1.82) is 0 Å². The van der Waals surface area contributed by atoms with E-state index in [1.165, 1.54) is 17.2 Å². The fourth-order valence-electron chi connectivity index (χ4n) is 2.88. The van der Waals surface area contributed by atoms with Crippen LogP contribution in [0.4, 0.5) is 0 Å². The summed E-state index contributed by atoms with van der Waals surface area (Å²) in [5.74, 6) is 0.850. The molecule has 29 heavy (non-hydrogen) atoms. The molecule has 0 aliphatic heterocycles. The molecule has 0 unspecified atom stereocenters. The van der Waals surface area contributed by atoms with E-state index in [2.05, 4.69) is 10.2 Å². The zero-order valence-corrected chi connectivity index (χ0v) is 17.3. The molecule has 0 saturated carbocycles. The number of nitrogens with zero attached hydrogens (tertiary/aromatic N) is 2. The van der Waals surface area contributed by atoms with Crippen LogP contribution in [0.2, 0.25) is 0 Å². The van der Waals surface area contributed by atoms with Crippen molar-refractivity contribution in [2.24, 2.45) is 0 Å². The van der Waals surface area contributed by atoms with Gasteiger partial charge in [-0.1, -0.05) is 71.9 Å². The predicted octanol–water partition coefficient (Wildman–Crippen LogP) is 5.28. The van der Waals surface area contributed by atoms with Gasteiger partial charge in [-0.3, -0.25) is 0 Å². The first-order valence-electron chi connectivity index (χ1n) is 8.96. The molecule has 3 aromatic carbocycles. The van der Waals surface area contributed by atoms with Gasteiger partial charge in [0.25, 0.3) is 5.22 Å². The minimum absolute atomic E-state index is 0.278. The lowest BCUT2D eigenvalue weighted by molar-refractivity contribution is 0.466. The SMILES string of the molecule is Cc1ccc(S(=O)(=O)/C=C/CSc2nnc(-c3cccc4ccccc34)o2)cc1. The molecule has 0 atom stereocenters.